The van der Waals surface area contributed by atoms with Crippen molar-refractivity contribution in [3.8, 4) is 0 Å². The van der Waals surface area contributed by atoms with Crippen molar-refractivity contribution in [1.82, 2.24) is 15.5 Å². The maximum Gasteiger partial charge on any atom is 0.247 e. The molecule has 1 saturated heterocycles. The number of hydrogen-bond acceptors (Lipinski definition) is 8. The molecule has 2 rings (SSSR count). The molecule has 0 aromatic carbocycles. The fourth-order valence-electron chi connectivity index (χ4n) is 2.25. The number of hydrogen-bond donors (Lipinski definition) is 2. The molecule has 1 fully saturated rings. The molecule has 11 heteroatoms. The zero-order valence-corrected chi connectivity index (χ0v) is 15.6. The quantitative estimate of drug-likeness (QED) is 0.578. The number of nitrogens with zero attached hydrogens (tertiary/aromatic N) is 2. The molecule has 1 amide bonds. The lowest BCUT2D eigenvalue weighted by Crippen LogP contribution is -2.55. The summed E-state index contributed by atoms with van der Waals surface area (Å²) in [6, 6.07) is 0. The minimum absolute atomic E-state index is 0. The summed E-state index contributed by atoms with van der Waals surface area (Å²) in [5.41, 5.74) is 0. The zero-order valence-electron chi connectivity index (χ0n) is 12.3. The number of carbonyl (C=O) groups is 1. The molecule has 0 spiro atoms. The number of thioether (sulfide) groups is 1. The van der Waals surface area contributed by atoms with Crippen LogP contribution >= 0.6 is 35.5 Å². The van der Waals surface area contributed by atoms with E-state index in [4.69, 9.17) is 0 Å². The largest absolute Gasteiger partial charge is 0.317 e. The first-order valence-electron chi connectivity index (χ1n) is 6.57. The molecule has 1 aliphatic heterocycles. The average molecular weight is 387 g/mol. The molecule has 22 heavy (non-hydrogen) atoms. The lowest BCUT2D eigenvalue weighted by molar-refractivity contribution is -0.119. The van der Waals surface area contributed by atoms with Crippen LogP contribution < -0.4 is 10.6 Å². The smallest absolute Gasteiger partial charge is 0.247 e. The lowest BCUT2D eigenvalue weighted by atomic mass is 9.96. The Bertz CT molecular complexity index is 614. The average Bonchev–Trinajstić information content (AvgIpc) is 2.86. The van der Waals surface area contributed by atoms with Gasteiger partial charge in [0.05, 0.1) is 0 Å². The Balaban J connectivity index is 0.00000242. The van der Waals surface area contributed by atoms with Crippen LogP contribution in [0.2, 0.25) is 0 Å². The van der Waals surface area contributed by atoms with Crippen molar-refractivity contribution in [3.63, 3.8) is 0 Å². The normalized spacial score (nSPS) is 17.5. The van der Waals surface area contributed by atoms with Crippen LogP contribution in [-0.2, 0) is 14.6 Å². The van der Waals surface area contributed by atoms with Crippen molar-refractivity contribution in [2.75, 3.05) is 30.4 Å². The van der Waals surface area contributed by atoms with Gasteiger partial charge >= 0.3 is 0 Å². The van der Waals surface area contributed by atoms with Gasteiger partial charge in [0.25, 0.3) is 0 Å². The van der Waals surface area contributed by atoms with Crippen LogP contribution in [0.15, 0.2) is 4.34 Å². The Labute approximate surface area is 144 Å². The molecule has 0 bridgehead atoms. The van der Waals surface area contributed by atoms with Gasteiger partial charge in [-0.05, 0) is 31.7 Å². The van der Waals surface area contributed by atoms with Gasteiger partial charge in [-0.15, -0.1) is 22.6 Å². The molecule has 1 aromatic rings. The number of carbonyl (C=O) groups excluding carboxylic acids is 1. The van der Waals surface area contributed by atoms with Gasteiger partial charge < -0.3 is 5.32 Å². The summed E-state index contributed by atoms with van der Waals surface area (Å²) in [5.74, 6) is 0.359. The molecular weight excluding hydrogens is 368 g/mol. The van der Waals surface area contributed by atoms with Crippen LogP contribution in [0.25, 0.3) is 0 Å². The first-order chi connectivity index (χ1) is 9.89. The summed E-state index contributed by atoms with van der Waals surface area (Å²) in [6.07, 6.45) is 1.66. The highest BCUT2D eigenvalue weighted by Crippen LogP contribution is 2.31. The van der Waals surface area contributed by atoms with E-state index in [1.807, 2.05) is 6.92 Å². The second-order valence-electron chi connectivity index (χ2n) is 4.78. The van der Waals surface area contributed by atoms with E-state index in [-0.39, 0.29) is 25.2 Å². The monoisotopic (exact) mass is 386 g/mol. The molecule has 1 aliphatic rings. The van der Waals surface area contributed by atoms with Crippen molar-refractivity contribution < 1.29 is 13.2 Å². The third-order valence-electron chi connectivity index (χ3n) is 3.43. The Morgan fingerprint density at radius 1 is 1.41 bits per heavy atom. The molecular formula is C11H19ClN4O3S3. The van der Waals surface area contributed by atoms with Crippen LogP contribution in [0, 0.1) is 0 Å². The third-order valence-corrected chi connectivity index (χ3v) is 7.30. The standard InChI is InChI=1S/C11H18N4O3S3.ClH/c1-3-19-10-15-14-9(20-10)13-8(16)11(21(2,17)18)4-6-12-7-5-11;/h12H,3-7H2,1-2H3,(H,13,14,16);1H. The van der Waals surface area contributed by atoms with Gasteiger partial charge in [0.1, 0.15) is 0 Å². The van der Waals surface area contributed by atoms with E-state index < -0.39 is 20.5 Å². The summed E-state index contributed by atoms with van der Waals surface area (Å²) in [7, 11) is -3.51. The van der Waals surface area contributed by atoms with Gasteiger partial charge in [0.2, 0.25) is 11.0 Å². The molecule has 126 valence electrons. The van der Waals surface area contributed by atoms with E-state index >= 15 is 0 Å². The minimum atomic E-state index is -3.51. The predicted molar refractivity (Wildman–Crippen MR) is 91.9 cm³/mol. The Morgan fingerprint density at radius 3 is 2.59 bits per heavy atom. The number of rotatable bonds is 5. The highest BCUT2D eigenvalue weighted by molar-refractivity contribution is 8.01. The summed E-state index contributed by atoms with van der Waals surface area (Å²) in [6.45, 7) is 3.01. The van der Waals surface area contributed by atoms with E-state index in [0.29, 0.717) is 18.2 Å². The predicted octanol–water partition coefficient (Wildman–Crippen LogP) is 1.18. The van der Waals surface area contributed by atoms with Crippen LogP contribution in [0.5, 0.6) is 0 Å². The van der Waals surface area contributed by atoms with Gasteiger partial charge in [-0.2, -0.15) is 0 Å². The van der Waals surface area contributed by atoms with E-state index in [9.17, 15) is 13.2 Å². The fraction of sp³-hybridized carbons (Fsp3) is 0.727. The molecule has 0 aliphatic carbocycles. The Kier molecular flexibility index (Phi) is 7.06. The SMILES string of the molecule is CCSc1nnc(NC(=O)C2(S(C)(=O)=O)CCNCC2)s1.Cl. The van der Waals surface area contributed by atoms with Crippen molar-refractivity contribution >= 4 is 56.4 Å². The molecule has 0 unspecified atom stereocenters. The van der Waals surface area contributed by atoms with E-state index in [1.54, 1.807) is 0 Å². The molecule has 2 heterocycles. The van der Waals surface area contributed by atoms with E-state index in [1.165, 1.54) is 23.1 Å². The molecule has 0 saturated carbocycles. The number of halogens is 1. The third kappa shape index (κ3) is 4.10. The number of nitrogens with one attached hydrogen (secondary N) is 2. The van der Waals surface area contributed by atoms with Crippen molar-refractivity contribution in [2.45, 2.75) is 28.9 Å². The molecule has 0 atom stereocenters. The summed E-state index contributed by atoms with van der Waals surface area (Å²) in [5, 5.41) is 13.9. The minimum Gasteiger partial charge on any atom is -0.317 e. The topological polar surface area (TPSA) is 101 Å². The van der Waals surface area contributed by atoms with Crippen molar-refractivity contribution in [1.29, 1.82) is 0 Å². The van der Waals surface area contributed by atoms with Gasteiger partial charge in [0.15, 0.2) is 18.9 Å². The highest BCUT2D eigenvalue weighted by atomic mass is 35.5. The van der Waals surface area contributed by atoms with Crippen molar-refractivity contribution in [2.24, 2.45) is 0 Å². The first-order valence-corrected chi connectivity index (χ1v) is 10.3. The first kappa shape index (κ1) is 19.6. The number of sulfone groups is 1. The van der Waals surface area contributed by atoms with Gasteiger partial charge in [0, 0.05) is 6.26 Å². The fourth-order valence-corrected chi connectivity index (χ4v) is 5.23. The summed E-state index contributed by atoms with van der Waals surface area (Å²) < 4.78 is 23.6. The zero-order chi connectivity index (χ0) is 15.5. The van der Waals surface area contributed by atoms with Gasteiger partial charge in [-0.3, -0.25) is 10.1 Å². The van der Waals surface area contributed by atoms with E-state index in [0.717, 1.165) is 16.3 Å². The summed E-state index contributed by atoms with van der Waals surface area (Å²) in [4.78, 5) is 12.5. The van der Waals surface area contributed by atoms with Crippen LogP contribution in [0.1, 0.15) is 19.8 Å². The number of aromatic nitrogens is 2. The second-order valence-corrected chi connectivity index (χ2v) is 9.59. The van der Waals surface area contributed by atoms with Gasteiger partial charge in [-0.25, -0.2) is 8.42 Å². The number of anilines is 1. The van der Waals surface area contributed by atoms with Crippen molar-refractivity contribution in [3.05, 3.63) is 0 Å². The maximum atomic E-state index is 12.5. The lowest BCUT2D eigenvalue weighted by Gasteiger charge is -2.33. The molecule has 0 radical (unpaired) electrons. The molecule has 2 N–H and O–H groups in total. The second kappa shape index (κ2) is 7.91. The Morgan fingerprint density at radius 2 is 2.05 bits per heavy atom. The molecule has 1 aromatic heterocycles. The molecule has 7 nitrogen and oxygen atoms in total. The number of piperidine rings is 1. The number of amides is 1. The van der Waals surface area contributed by atoms with Gasteiger partial charge in [-0.1, -0.05) is 30.0 Å². The maximum absolute atomic E-state index is 12.5. The van der Waals surface area contributed by atoms with E-state index in [2.05, 4.69) is 20.8 Å². The van der Waals surface area contributed by atoms with Crippen LogP contribution in [0.4, 0.5) is 5.13 Å². The van der Waals surface area contributed by atoms with Crippen LogP contribution in [-0.4, -0.2) is 54.4 Å². The van der Waals surface area contributed by atoms with Crippen LogP contribution in [0.3, 0.4) is 0 Å². The summed E-state index contributed by atoms with van der Waals surface area (Å²) >= 11 is 2.79. The highest BCUT2D eigenvalue weighted by Gasteiger charge is 2.48. The Hall–Kier alpha value is -0.420.